The molecule has 0 bridgehead atoms. The standard InChI is InChI=1S/C23H22FN7O2/c1-3-21(32)27-15-4-5-20-18(8-15)14(2)11-30(20)22-19(24)10-25-23(29-22)28-16-9-26-31(12-16)17-6-7-33-13-17/h3-5,8-12,17H,1,6-7,13H2,2H3,(H,27,32)(H,25,28,29). The van der Waals surface area contributed by atoms with Crippen molar-refractivity contribution < 1.29 is 13.9 Å². The van der Waals surface area contributed by atoms with E-state index in [0.717, 1.165) is 35.7 Å². The smallest absolute Gasteiger partial charge is 0.247 e. The summed E-state index contributed by atoms with van der Waals surface area (Å²) in [7, 11) is 0. The van der Waals surface area contributed by atoms with Crippen molar-refractivity contribution in [1.29, 1.82) is 0 Å². The first kappa shape index (κ1) is 20.8. The SMILES string of the molecule is C=CC(=O)Nc1ccc2c(c1)c(C)cn2-c1nc(Nc2cnn(C3CCOC3)c2)ncc1F. The van der Waals surface area contributed by atoms with Crippen LogP contribution in [0.1, 0.15) is 18.0 Å². The van der Waals surface area contributed by atoms with Crippen molar-refractivity contribution >= 4 is 34.1 Å². The van der Waals surface area contributed by atoms with Crippen LogP contribution in [0, 0.1) is 12.7 Å². The van der Waals surface area contributed by atoms with Crippen LogP contribution < -0.4 is 10.6 Å². The molecule has 4 heterocycles. The van der Waals surface area contributed by atoms with Crippen molar-refractivity contribution in [1.82, 2.24) is 24.3 Å². The van der Waals surface area contributed by atoms with Gasteiger partial charge in [-0.15, -0.1) is 0 Å². The zero-order valence-corrected chi connectivity index (χ0v) is 18.0. The lowest BCUT2D eigenvalue weighted by atomic mass is 10.2. The molecule has 2 N–H and O–H groups in total. The quantitative estimate of drug-likeness (QED) is 0.435. The number of carbonyl (C=O) groups excluding carboxylic acids is 1. The molecular formula is C23H22FN7O2. The Balaban J connectivity index is 1.45. The van der Waals surface area contributed by atoms with E-state index in [0.29, 0.717) is 18.0 Å². The Morgan fingerprint density at radius 3 is 2.97 bits per heavy atom. The lowest BCUT2D eigenvalue weighted by Crippen LogP contribution is -2.08. The van der Waals surface area contributed by atoms with E-state index in [1.807, 2.05) is 29.9 Å². The monoisotopic (exact) mass is 447 g/mol. The summed E-state index contributed by atoms with van der Waals surface area (Å²) in [4.78, 5) is 20.1. The molecule has 9 nitrogen and oxygen atoms in total. The van der Waals surface area contributed by atoms with Gasteiger partial charge in [0.1, 0.15) is 0 Å². The van der Waals surface area contributed by atoms with E-state index in [9.17, 15) is 9.18 Å². The number of benzene rings is 1. The van der Waals surface area contributed by atoms with E-state index < -0.39 is 5.82 Å². The molecule has 0 radical (unpaired) electrons. The van der Waals surface area contributed by atoms with Gasteiger partial charge in [-0.2, -0.15) is 10.1 Å². The van der Waals surface area contributed by atoms with E-state index in [-0.39, 0.29) is 23.7 Å². The highest BCUT2D eigenvalue weighted by Gasteiger charge is 2.19. The molecule has 1 atom stereocenters. The van der Waals surface area contributed by atoms with Gasteiger partial charge in [-0.3, -0.25) is 14.0 Å². The Morgan fingerprint density at radius 1 is 1.30 bits per heavy atom. The van der Waals surface area contributed by atoms with E-state index in [4.69, 9.17) is 4.74 Å². The Kier molecular flexibility index (Phi) is 5.35. The first-order valence-electron chi connectivity index (χ1n) is 10.5. The molecular weight excluding hydrogens is 425 g/mol. The van der Waals surface area contributed by atoms with E-state index in [2.05, 4.69) is 32.3 Å². The lowest BCUT2D eigenvalue weighted by Gasteiger charge is -2.09. The van der Waals surface area contributed by atoms with Crippen LogP contribution in [-0.2, 0) is 9.53 Å². The number of anilines is 3. The third-order valence-electron chi connectivity index (χ3n) is 5.55. The number of hydrogen-bond donors (Lipinski definition) is 2. The fourth-order valence-corrected chi connectivity index (χ4v) is 3.89. The summed E-state index contributed by atoms with van der Waals surface area (Å²) in [5.41, 5.74) is 2.99. The summed E-state index contributed by atoms with van der Waals surface area (Å²) >= 11 is 0. The Morgan fingerprint density at radius 2 is 2.18 bits per heavy atom. The molecule has 1 aliphatic rings. The van der Waals surface area contributed by atoms with Crippen LogP contribution in [0.25, 0.3) is 16.7 Å². The molecule has 10 heteroatoms. The highest BCUT2D eigenvalue weighted by Crippen LogP contribution is 2.28. The second-order valence-corrected chi connectivity index (χ2v) is 7.82. The lowest BCUT2D eigenvalue weighted by molar-refractivity contribution is -0.111. The average molecular weight is 447 g/mol. The first-order valence-corrected chi connectivity index (χ1v) is 10.5. The zero-order valence-electron chi connectivity index (χ0n) is 18.0. The number of nitrogens with zero attached hydrogens (tertiary/aromatic N) is 5. The average Bonchev–Trinajstić information content (AvgIpc) is 3.56. The number of carbonyl (C=O) groups is 1. The molecule has 1 aliphatic heterocycles. The number of rotatable bonds is 6. The molecule has 1 saturated heterocycles. The summed E-state index contributed by atoms with van der Waals surface area (Å²) in [5, 5.41) is 11.1. The third-order valence-corrected chi connectivity index (χ3v) is 5.55. The second-order valence-electron chi connectivity index (χ2n) is 7.82. The highest BCUT2D eigenvalue weighted by atomic mass is 19.1. The van der Waals surface area contributed by atoms with Crippen LogP contribution in [0.2, 0.25) is 0 Å². The molecule has 0 saturated carbocycles. The molecule has 0 aliphatic carbocycles. The predicted octanol–water partition coefficient (Wildman–Crippen LogP) is 3.89. The molecule has 33 heavy (non-hydrogen) atoms. The van der Waals surface area contributed by atoms with Crippen LogP contribution in [-0.4, -0.2) is 43.4 Å². The molecule has 3 aromatic heterocycles. The van der Waals surface area contributed by atoms with Gasteiger partial charge in [0.05, 0.1) is 36.2 Å². The van der Waals surface area contributed by atoms with E-state index >= 15 is 0 Å². The van der Waals surface area contributed by atoms with Crippen LogP contribution in [0.3, 0.4) is 0 Å². The highest BCUT2D eigenvalue weighted by molar-refractivity contribution is 6.00. The van der Waals surface area contributed by atoms with Gasteiger partial charge in [0.25, 0.3) is 0 Å². The van der Waals surface area contributed by atoms with E-state index in [1.165, 1.54) is 6.08 Å². The van der Waals surface area contributed by atoms with Crippen molar-refractivity contribution in [3.8, 4) is 5.82 Å². The largest absolute Gasteiger partial charge is 0.379 e. The predicted molar refractivity (Wildman–Crippen MR) is 122 cm³/mol. The van der Waals surface area contributed by atoms with Gasteiger partial charge in [0.15, 0.2) is 11.6 Å². The van der Waals surface area contributed by atoms with Gasteiger partial charge in [0.2, 0.25) is 11.9 Å². The molecule has 0 spiro atoms. The first-order chi connectivity index (χ1) is 16.0. The normalized spacial score (nSPS) is 15.6. The Hall–Kier alpha value is -4.05. The van der Waals surface area contributed by atoms with Gasteiger partial charge in [0, 0.05) is 30.1 Å². The number of hydrogen-bond acceptors (Lipinski definition) is 6. The maximum atomic E-state index is 14.8. The summed E-state index contributed by atoms with van der Waals surface area (Å²) in [6, 6.07) is 5.60. The summed E-state index contributed by atoms with van der Waals surface area (Å²) in [6.45, 7) is 6.74. The third kappa shape index (κ3) is 4.08. The van der Waals surface area contributed by atoms with E-state index in [1.54, 1.807) is 23.0 Å². The number of nitrogens with one attached hydrogen (secondary N) is 2. The van der Waals surface area contributed by atoms with Crippen molar-refractivity contribution in [2.45, 2.75) is 19.4 Å². The molecule has 5 rings (SSSR count). The Bertz CT molecular complexity index is 1350. The summed E-state index contributed by atoms with van der Waals surface area (Å²) in [5.74, 6) is -0.485. The molecule has 1 fully saturated rings. The minimum Gasteiger partial charge on any atom is -0.379 e. The number of amides is 1. The van der Waals surface area contributed by atoms with Crippen molar-refractivity contribution in [2.24, 2.45) is 0 Å². The summed E-state index contributed by atoms with van der Waals surface area (Å²) < 4.78 is 23.7. The number of aromatic nitrogens is 5. The minimum absolute atomic E-state index is 0.116. The molecule has 168 valence electrons. The van der Waals surface area contributed by atoms with Crippen LogP contribution in [0.15, 0.2) is 55.6 Å². The molecule has 1 amide bonds. The van der Waals surface area contributed by atoms with Crippen LogP contribution in [0.5, 0.6) is 0 Å². The van der Waals surface area contributed by atoms with Crippen LogP contribution >= 0.6 is 0 Å². The maximum Gasteiger partial charge on any atom is 0.247 e. The molecule has 4 aromatic rings. The van der Waals surface area contributed by atoms with Crippen molar-refractivity contribution in [3.05, 3.63) is 67.0 Å². The maximum absolute atomic E-state index is 14.8. The Labute approximate surface area is 188 Å². The minimum atomic E-state index is -0.555. The van der Waals surface area contributed by atoms with Crippen molar-refractivity contribution in [3.63, 3.8) is 0 Å². The molecule has 1 unspecified atom stereocenters. The number of ether oxygens (including phenoxy) is 1. The zero-order chi connectivity index (χ0) is 22.9. The number of fused-ring (bicyclic) bond motifs is 1. The topological polar surface area (TPSA) is 98.9 Å². The van der Waals surface area contributed by atoms with Crippen molar-refractivity contribution in [2.75, 3.05) is 23.8 Å². The fourth-order valence-electron chi connectivity index (χ4n) is 3.89. The number of halogens is 1. The van der Waals surface area contributed by atoms with Gasteiger partial charge < -0.3 is 15.4 Å². The second kappa shape index (κ2) is 8.47. The van der Waals surface area contributed by atoms with Gasteiger partial charge >= 0.3 is 0 Å². The van der Waals surface area contributed by atoms with Gasteiger partial charge in [-0.1, -0.05) is 6.58 Å². The van der Waals surface area contributed by atoms with Crippen LogP contribution in [0.4, 0.5) is 21.7 Å². The summed E-state index contributed by atoms with van der Waals surface area (Å²) in [6.07, 6.45) is 8.60. The van der Waals surface area contributed by atoms with Gasteiger partial charge in [-0.25, -0.2) is 9.37 Å². The van der Waals surface area contributed by atoms with Gasteiger partial charge in [-0.05, 0) is 43.2 Å². The molecule has 1 aromatic carbocycles. The number of aryl methyl sites for hydroxylation is 1. The fraction of sp³-hybridized carbons (Fsp3) is 0.217.